The fourth-order valence-electron chi connectivity index (χ4n) is 1.72. The van der Waals surface area contributed by atoms with Gasteiger partial charge in [0.2, 0.25) is 0 Å². The molecular formula is C11H13F3N2O2S. The Kier molecular flexibility index (Phi) is 3.46. The lowest BCUT2D eigenvalue weighted by Crippen LogP contribution is -2.38. The van der Waals surface area contributed by atoms with Gasteiger partial charge in [0, 0.05) is 0 Å². The number of hydrogen-bond acceptors (Lipinski definition) is 5. The highest BCUT2D eigenvalue weighted by Gasteiger charge is 2.64. The molecule has 8 heteroatoms. The molecule has 0 aromatic carbocycles. The van der Waals surface area contributed by atoms with Crippen LogP contribution in [0.3, 0.4) is 0 Å². The summed E-state index contributed by atoms with van der Waals surface area (Å²) in [6.07, 6.45) is -4.32. The predicted molar refractivity (Wildman–Crippen MR) is 64.5 cm³/mol. The van der Waals surface area contributed by atoms with Gasteiger partial charge in [-0.3, -0.25) is 0 Å². The lowest BCUT2D eigenvalue weighted by Gasteiger charge is -2.21. The molecule has 1 aliphatic carbocycles. The number of carbonyl (C=O) groups excluding carboxylic acids is 1. The molecule has 1 aromatic heterocycles. The zero-order valence-corrected chi connectivity index (χ0v) is 11.2. The average Bonchev–Trinajstić information content (AvgIpc) is 2.98. The minimum Gasteiger partial charge on any atom is -0.462 e. The molecule has 0 saturated heterocycles. The molecule has 1 fully saturated rings. The van der Waals surface area contributed by atoms with E-state index >= 15 is 0 Å². The Balaban J connectivity index is 2.25. The molecule has 1 N–H and O–H groups in total. The molecule has 2 rings (SSSR count). The van der Waals surface area contributed by atoms with Crippen molar-refractivity contribution < 1.29 is 22.7 Å². The van der Waals surface area contributed by atoms with Crippen LogP contribution < -0.4 is 5.32 Å². The van der Waals surface area contributed by atoms with E-state index in [9.17, 15) is 18.0 Å². The standard InChI is InChI=1S/C11H13F3N2O2S/c1-3-18-9(17)7-6(2)16-19-8(7)15-10(4-5-10)11(12,13)14/h15H,3-5H2,1-2H3. The molecule has 0 atom stereocenters. The largest absolute Gasteiger partial charge is 0.462 e. The van der Waals surface area contributed by atoms with Gasteiger partial charge >= 0.3 is 12.1 Å². The number of ether oxygens (including phenoxy) is 1. The number of rotatable bonds is 4. The van der Waals surface area contributed by atoms with E-state index in [0.717, 1.165) is 11.5 Å². The number of anilines is 1. The van der Waals surface area contributed by atoms with E-state index in [1.807, 2.05) is 0 Å². The second-order valence-corrected chi connectivity index (χ2v) is 5.17. The number of aromatic nitrogens is 1. The van der Waals surface area contributed by atoms with Crippen molar-refractivity contribution in [3.63, 3.8) is 0 Å². The van der Waals surface area contributed by atoms with Crippen LogP contribution >= 0.6 is 11.5 Å². The van der Waals surface area contributed by atoms with Crippen molar-refractivity contribution in [1.82, 2.24) is 4.37 Å². The number of nitrogens with zero attached hydrogens (tertiary/aromatic N) is 1. The Labute approximate surface area is 112 Å². The van der Waals surface area contributed by atoms with Crippen molar-refractivity contribution in [2.45, 2.75) is 38.4 Å². The van der Waals surface area contributed by atoms with Crippen LogP contribution in [-0.2, 0) is 4.74 Å². The van der Waals surface area contributed by atoms with E-state index in [4.69, 9.17) is 4.74 Å². The van der Waals surface area contributed by atoms with Crippen LogP contribution in [0, 0.1) is 6.92 Å². The minimum absolute atomic E-state index is 0.00964. The van der Waals surface area contributed by atoms with Crippen molar-refractivity contribution >= 4 is 22.5 Å². The maximum atomic E-state index is 12.9. The maximum Gasteiger partial charge on any atom is 0.411 e. The van der Waals surface area contributed by atoms with Crippen molar-refractivity contribution in [2.24, 2.45) is 0 Å². The molecule has 1 saturated carbocycles. The van der Waals surface area contributed by atoms with Crippen LogP contribution in [-0.4, -0.2) is 28.7 Å². The molecule has 0 unspecified atom stereocenters. The topological polar surface area (TPSA) is 51.2 Å². The molecule has 1 aromatic rings. The quantitative estimate of drug-likeness (QED) is 0.867. The Morgan fingerprint density at radius 2 is 2.16 bits per heavy atom. The van der Waals surface area contributed by atoms with Gasteiger partial charge in [0.1, 0.15) is 16.1 Å². The molecule has 0 radical (unpaired) electrons. The predicted octanol–water partition coefficient (Wildman–Crippen LogP) is 3.14. The first-order valence-corrected chi connectivity index (χ1v) is 6.56. The fourth-order valence-corrected chi connectivity index (χ4v) is 2.60. The monoisotopic (exact) mass is 294 g/mol. The summed E-state index contributed by atoms with van der Waals surface area (Å²) in [7, 11) is 0. The summed E-state index contributed by atoms with van der Waals surface area (Å²) in [6, 6.07) is 0. The number of carbonyl (C=O) groups is 1. The summed E-state index contributed by atoms with van der Waals surface area (Å²) in [5.41, 5.74) is -1.43. The van der Waals surface area contributed by atoms with Crippen LogP contribution in [0.25, 0.3) is 0 Å². The van der Waals surface area contributed by atoms with E-state index in [1.165, 1.54) is 0 Å². The number of halogens is 3. The van der Waals surface area contributed by atoms with Gasteiger partial charge in [-0.05, 0) is 38.2 Å². The second kappa shape index (κ2) is 4.66. The van der Waals surface area contributed by atoms with Crippen LogP contribution in [0.2, 0.25) is 0 Å². The van der Waals surface area contributed by atoms with Gasteiger partial charge in [-0.15, -0.1) is 0 Å². The lowest BCUT2D eigenvalue weighted by atomic mass is 10.2. The maximum absolute atomic E-state index is 12.9. The lowest BCUT2D eigenvalue weighted by molar-refractivity contribution is -0.151. The summed E-state index contributed by atoms with van der Waals surface area (Å²) < 4.78 is 47.4. The Bertz CT molecular complexity index is 495. The van der Waals surface area contributed by atoms with E-state index in [0.29, 0.717) is 5.69 Å². The summed E-state index contributed by atoms with van der Waals surface area (Å²) in [5, 5.41) is 2.56. The van der Waals surface area contributed by atoms with Crippen molar-refractivity contribution in [3.05, 3.63) is 11.3 Å². The Morgan fingerprint density at radius 1 is 1.53 bits per heavy atom. The number of nitrogens with one attached hydrogen (secondary N) is 1. The summed E-state index contributed by atoms with van der Waals surface area (Å²) in [6.45, 7) is 3.37. The van der Waals surface area contributed by atoms with Gasteiger partial charge in [-0.2, -0.15) is 17.5 Å². The number of hydrogen-bond donors (Lipinski definition) is 1. The molecule has 0 aliphatic heterocycles. The van der Waals surface area contributed by atoms with Crippen LogP contribution in [0.1, 0.15) is 35.8 Å². The third-order valence-electron chi connectivity index (χ3n) is 2.99. The van der Waals surface area contributed by atoms with Gasteiger partial charge in [0.05, 0.1) is 12.3 Å². The van der Waals surface area contributed by atoms with E-state index in [-0.39, 0.29) is 30.0 Å². The van der Waals surface area contributed by atoms with Crippen LogP contribution in [0.4, 0.5) is 18.2 Å². The van der Waals surface area contributed by atoms with Gasteiger partial charge in [-0.25, -0.2) is 4.79 Å². The normalized spacial score (nSPS) is 17.1. The van der Waals surface area contributed by atoms with Crippen molar-refractivity contribution in [2.75, 3.05) is 11.9 Å². The molecular weight excluding hydrogens is 281 g/mol. The van der Waals surface area contributed by atoms with E-state index < -0.39 is 17.7 Å². The molecule has 1 aliphatic rings. The fraction of sp³-hybridized carbons (Fsp3) is 0.636. The van der Waals surface area contributed by atoms with Crippen molar-refractivity contribution in [3.8, 4) is 0 Å². The van der Waals surface area contributed by atoms with E-state index in [1.54, 1.807) is 13.8 Å². The highest BCUT2D eigenvalue weighted by Crippen LogP contribution is 2.52. The highest BCUT2D eigenvalue weighted by molar-refractivity contribution is 7.10. The smallest absolute Gasteiger partial charge is 0.411 e. The number of esters is 1. The molecule has 0 amide bonds. The first-order valence-electron chi connectivity index (χ1n) is 5.79. The number of aryl methyl sites for hydroxylation is 1. The van der Waals surface area contributed by atoms with Gasteiger partial charge in [-0.1, -0.05) is 0 Å². The molecule has 0 spiro atoms. The zero-order chi connectivity index (χ0) is 14.3. The summed E-state index contributed by atoms with van der Waals surface area (Å²) in [5.74, 6) is -0.644. The molecule has 1 heterocycles. The highest BCUT2D eigenvalue weighted by atomic mass is 32.1. The van der Waals surface area contributed by atoms with Gasteiger partial charge in [0.25, 0.3) is 0 Å². The second-order valence-electron chi connectivity index (χ2n) is 4.40. The third kappa shape index (κ3) is 2.54. The van der Waals surface area contributed by atoms with Crippen molar-refractivity contribution in [1.29, 1.82) is 0 Å². The number of alkyl halides is 3. The molecule has 19 heavy (non-hydrogen) atoms. The minimum atomic E-state index is -4.34. The van der Waals surface area contributed by atoms with Crippen LogP contribution in [0.5, 0.6) is 0 Å². The third-order valence-corrected chi connectivity index (χ3v) is 3.84. The molecule has 4 nitrogen and oxygen atoms in total. The SMILES string of the molecule is CCOC(=O)c1c(C)nsc1NC1(C(F)(F)F)CC1. The van der Waals surface area contributed by atoms with E-state index in [2.05, 4.69) is 9.69 Å². The van der Waals surface area contributed by atoms with Crippen LogP contribution in [0.15, 0.2) is 0 Å². The zero-order valence-electron chi connectivity index (χ0n) is 10.4. The molecule has 106 valence electrons. The van der Waals surface area contributed by atoms with Gasteiger partial charge in [0.15, 0.2) is 0 Å². The first kappa shape index (κ1) is 14.1. The summed E-state index contributed by atoms with van der Waals surface area (Å²) >= 11 is 0.851. The Morgan fingerprint density at radius 3 is 2.63 bits per heavy atom. The summed E-state index contributed by atoms with van der Waals surface area (Å²) in [4.78, 5) is 11.7. The average molecular weight is 294 g/mol. The first-order chi connectivity index (χ1) is 8.81. The Hall–Kier alpha value is -1.31. The van der Waals surface area contributed by atoms with Gasteiger partial charge < -0.3 is 10.1 Å². The molecule has 0 bridgehead atoms.